The summed E-state index contributed by atoms with van der Waals surface area (Å²) in [6.07, 6.45) is 0.724. The molecule has 23 heavy (non-hydrogen) atoms. The lowest BCUT2D eigenvalue weighted by molar-refractivity contribution is -0.116. The molecule has 0 aliphatic carbocycles. The lowest BCUT2D eigenvalue weighted by Crippen LogP contribution is -2.25. The van der Waals surface area contributed by atoms with Gasteiger partial charge in [0.05, 0.1) is 4.90 Å². The van der Waals surface area contributed by atoms with Crippen molar-refractivity contribution < 1.29 is 13.2 Å². The maximum atomic E-state index is 12.4. The number of hydrogen-bond acceptors (Lipinski definition) is 3. The monoisotopic (exact) mass is 394 g/mol. The number of nitrogens with zero attached hydrogens (tertiary/aromatic N) is 1. The number of nitrogens with one attached hydrogen (secondary N) is 1. The van der Waals surface area contributed by atoms with Gasteiger partial charge in [0.25, 0.3) is 10.0 Å². The number of anilines is 2. The van der Waals surface area contributed by atoms with Gasteiger partial charge in [-0.05, 0) is 48.4 Å². The summed E-state index contributed by atoms with van der Waals surface area (Å²) in [7, 11) is -3.64. The van der Waals surface area contributed by atoms with Gasteiger partial charge < -0.3 is 4.90 Å². The van der Waals surface area contributed by atoms with E-state index < -0.39 is 10.0 Å². The Balaban J connectivity index is 1.88. The van der Waals surface area contributed by atoms with Crippen molar-refractivity contribution in [2.45, 2.75) is 18.2 Å². The second kappa shape index (κ2) is 5.98. The molecule has 1 N–H and O–H groups in total. The highest BCUT2D eigenvalue weighted by Gasteiger charge is 2.23. The third kappa shape index (κ3) is 3.25. The number of rotatable bonds is 3. The van der Waals surface area contributed by atoms with E-state index in [0.717, 1.165) is 17.7 Å². The Morgan fingerprint density at radius 1 is 1.22 bits per heavy atom. The van der Waals surface area contributed by atoms with Gasteiger partial charge in [-0.3, -0.25) is 9.52 Å². The Labute approximate surface area is 143 Å². The minimum atomic E-state index is -3.64. The minimum absolute atomic E-state index is 0.00813. The van der Waals surface area contributed by atoms with Crippen LogP contribution in [0.15, 0.2) is 51.8 Å². The molecule has 1 aliphatic rings. The second-order valence-corrected chi connectivity index (χ2v) is 7.93. The molecular formula is C16H15BrN2O3S. The van der Waals surface area contributed by atoms with E-state index in [0.29, 0.717) is 16.7 Å². The van der Waals surface area contributed by atoms with Crippen LogP contribution in [0.3, 0.4) is 0 Å². The Bertz CT molecular complexity index is 881. The number of sulfonamides is 1. The molecule has 1 heterocycles. The van der Waals surface area contributed by atoms with Crippen LogP contribution in [0.2, 0.25) is 0 Å². The van der Waals surface area contributed by atoms with Gasteiger partial charge in [0, 0.05) is 29.3 Å². The van der Waals surface area contributed by atoms with Crippen molar-refractivity contribution in [3.05, 3.63) is 52.5 Å². The van der Waals surface area contributed by atoms with Crippen LogP contribution in [0.4, 0.5) is 11.4 Å². The van der Waals surface area contributed by atoms with Crippen molar-refractivity contribution in [3.8, 4) is 0 Å². The van der Waals surface area contributed by atoms with Crippen LogP contribution in [-0.2, 0) is 21.2 Å². The van der Waals surface area contributed by atoms with E-state index in [9.17, 15) is 13.2 Å². The van der Waals surface area contributed by atoms with E-state index in [-0.39, 0.29) is 10.8 Å². The fraction of sp³-hybridized carbons (Fsp3) is 0.188. The van der Waals surface area contributed by atoms with Crippen LogP contribution in [-0.4, -0.2) is 20.9 Å². The Morgan fingerprint density at radius 2 is 2.00 bits per heavy atom. The predicted molar refractivity (Wildman–Crippen MR) is 93.1 cm³/mol. The molecule has 7 heteroatoms. The van der Waals surface area contributed by atoms with E-state index in [1.807, 2.05) is 0 Å². The first-order chi connectivity index (χ1) is 10.9. The van der Waals surface area contributed by atoms with Crippen molar-refractivity contribution in [1.82, 2.24) is 0 Å². The normalized spacial score (nSPS) is 13.7. The quantitative estimate of drug-likeness (QED) is 0.868. The van der Waals surface area contributed by atoms with Crippen LogP contribution < -0.4 is 9.62 Å². The summed E-state index contributed by atoms with van der Waals surface area (Å²) in [6, 6.07) is 11.8. The molecule has 0 atom stereocenters. The Morgan fingerprint density at radius 3 is 2.70 bits per heavy atom. The number of fused-ring (bicyclic) bond motifs is 1. The third-order valence-corrected chi connectivity index (χ3v) is 5.59. The average Bonchev–Trinajstić information content (AvgIpc) is 2.90. The van der Waals surface area contributed by atoms with E-state index in [1.54, 1.807) is 41.3 Å². The fourth-order valence-corrected chi connectivity index (χ4v) is 4.29. The van der Waals surface area contributed by atoms with Gasteiger partial charge in [0.1, 0.15) is 0 Å². The van der Waals surface area contributed by atoms with Crippen LogP contribution in [0.5, 0.6) is 0 Å². The Kier molecular flexibility index (Phi) is 4.16. The van der Waals surface area contributed by atoms with Crippen LogP contribution >= 0.6 is 15.9 Å². The standard InChI is InChI=1S/C16H15BrN2O3S/c1-11(20)19-8-7-12-9-14(5-6-16(12)19)18-23(21,22)15-4-2-3-13(17)10-15/h2-6,9-10,18H,7-8H2,1H3. The highest BCUT2D eigenvalue weighted by Crippen LogP contribution is 2.31. The highest BCUT2D eigenvalue weighted by molar-refractivity contribution is 9.10. The largest absolute Gasteiger partial charge is 0.312 e. The van der Waals surface area contributed by atoms with Gasteiger partial charge in [0.2, 0.25) is 5.91 Å². The first kappa shape index (κ1) is 16.0. The topological polar surface area (TPSA) is 66.5 Å². The maximum Gasteiger partial charge on any atom is 0.261 e. The van der Waals surface area contributed by atoms with Crippen molar-refractivity contribution in [2.75, 3.05) is 16.2 Å². The van der Waals surface area contributed by atoms with E-state index in [1.165, 1.54) is 13.0 Å². The molecule has 120 valence electrons. The molecule has 0 radical (unpaired) electrons. The summed E-state index contributed by atoms with van der Waals surface area (Å²) < 4.78 is 28.1. The zero-order chi connectivity index (χ0) is 16.6. The molecule has 0 saturated heterocycles. The lowest BCUT2D eigenvalue weighted by Gasteiger charge is -2.15. The van der Waals surface area contributed by atoms with Crippen molar-refractivity contribution >= 4 is 43.2 Å². The van der Waals surface area contributed by atoms with Gasteiger partial charge in [0.15, 0.2) is 0 Å². The number of benzene rings is 2. The first-order valence-electron chi connectivity index (χ1n) is 7.06. The lowest BCUT2D eigenvalue weighted by atomic mass is 10.1. The van der Waals surface area contributed by atoms with Gasteiger partial charge in [-0.1, -0.05) is 22.0 Å². The molecule has 3 rings (SSSR count). The average molecular weight is 395 g/mol. The molecule has 0 saturated carbocycles. The van der Waals surface area contributed by atoms with E-state index in [4.69, 9.17) is 0 Å². The van der Waals surface area contributed by atoms with Crippen molar-refractivity contribution in [1.29, 1.82) is 0 Å². The highest BCUT2D eigenvalue weighted by atomic mass is 79.9. The molecule has 0 aromatic heterocycles. The second-order valence-electron chi connectivity index (χ2n) is 5.33. The number of amides is 1. The molecule has 1 amide bonds. The van der Waals surface area contributed by atoms with E-state index >= 15 is 0 Å². The molecule has 5 nitrogen and oxygen atoms in total. The summed E-state index contributed by atoms with van der Waals surface area (Å²) in [4.78, 5) is 13.4. The van der Waals surface area contributed by atoms with Gasteiger partial charge in [-0.2, -0.15) is 0 Å². The zero-order valence-electron chi connectivity index (χ0n) is 12.4. The number of halogens is 1. The summed E-state index contributed by atoms with van der Waals surface area (Å²) >= 11 is 3.27. The zero-order valence-corrected chi connectivity index (χ0v) is 14.8. The number of carbonyl (C=O) groups excluding carboxylic acids is 1. The summed E-state index contributed by atoms with van der Waals surface area (Å²) in [5, 5.41) is 0. The van der Waals surface area contributed by atoms with Crippen LogP contribution in [0, 0.1) is 0 Å². The third-order valence-electron chi connectivity index (χ3n) is 3.71. The van der Waals surface area contributed by atoms with Crippen LogP contribution in [0.25, 0.3) is 0 Å². The SMILES string of the molecule is CC(=O)N1CCc2cc(NS(=O)(=O)c3cccc(Br)c3)ccc21. The summed E-state index contributed by atoms with van der Waals surface area (Å²) in [6.45, 7) is 2.16. The van der Waals surface area contributed by atoms with Crippen molar-refractivity contribution in [3.63, 3.8) is 0 Å². The molecule has 0 spiro atoms. The molecular weight excluding hydrogens is 380 g/mol. The summed E-state index contributed by atoms with van der Waals surface area (Å²) in [5.74, 6) is -0.00813. The predicted octanol–water partition coefficient (Wildman–Crippen LogP) is 3.16. The minimum Gasteiger partial charge on any atom is -0.312 e. The molecule has 0 fully saturated rings. The van der Waals surface area contributed by atoms with Gasteiger partial charge >= 0.3 is 0 Å². The molecule has 2 aromatic rings. The summed E-state index contributed by atoms with van der Waals surface area (Å²) in [5.41, 5.74) is 2.31. The smallest absolute Gasteiger partial charge is 0.261 e. The molecule has 0 bridgehead atoms. The van der Waals surface area contributed by atoms with Gasteiger partial charge in [-0.25, -0.2) is 8.42 Å². The molecule has 0 unspecified atom stereocenters. The maximum absolute atomic E-state index is 12.4. The first-order valence-corrected chi connectivity index (χ1v) is 9.34. The fourth-order valence-electron chi connectivity index (χ4n) is 2.64. The van der Waals surface area contributed by atoms with E-state index in [2.05, 4.69) is 20.7 Å². The Hall–Kier alpha value is -1.86. The molecule has 1 aliphatic heterocycles. The van der Waals surface area contributed by atoms with Crippen LogP contribution in [0.1, 0.15) is 12.5 Å². The number of carbonyl (C=O) groups is 1. The van der Waals surface area contributed by atoms with Crippen molar-refractivity contribution in [2.24, 2.45) is 0 Å². The molecule has 2 aromatic carbocycles. The number of hydrogen-bond donors (Lipinski definition) is 1. The van der Waals surface area contributed by atoms with Gasteiger partial charge in [-0.15, -0.1) is 0 Å².